The summed E-state index contributed by atoms with van der Waals surface area (Å²) in [6, 6.07) is 3.99. The Morgan fingerprint density at radius 2 is 2.05 bits per heavy atom. The minimum Gasteiger partial charge on any atom is -0.392 e. The smallest absolute Gasteiger partial charge is 0.256 e. The normalized spacial score (nSPS) is 18.1. The molecule has 1 saturated heterocycles. The molecular weight excluding hydrogens is 283 g/mol. The standard InChI is InChI=1S/C14H18ClFN2O2/c1-10(19)9-17-4-6-18(7-5-17)14(20)12-8-11(15)2-3-13(12)16/h2-3,8,10,19H,4-7,9H2,1H3. The molecule has 0 aliphatic carbocycles. The van der Waals surface area contributed by atoms with Gasteiger partial charge in [0.05, 0.1) is 11.7 Å². The molecule has 1 aromatic carbocycles. The Bertz CT molecular complexity index is 488. The monoisotopic (exact) mass is 300 g/mol. The van der Waals surface area contributed by atoms with Gasteiger partial charge in [-0.25, -0.2) is 4.39 Å². The highest BCUT2D eigenvalue weighted by Crippen LogP contribution is 2.17. The molecule has 110 valence electrons. The van der Waals surface area contributed by atoms with Crippen LogP contribution in [0, 0.1) is 5.82 Å². The molecule has 4 nitrogen and oxygen atoms in total. The van der Waals surface area contributed by atoms with Crippen LogP contribution in [0.3, 0.4) is 0 Å². The van der Waals surface area contributed by atoms with Gasteiger partial charge in [0.15, 0.2) is 0 Å². The van der Waals surface area contributed by atoms with E-state index >= 15 is 0 Å². The molecule has 1 aromatic rings. The molecule has 1 amide bonds. The minimum absolute atomic E-state index is 0.0153. The highest BCUT2D eigenvalue weighted by atomic mass is 35.5. The fourth-order valence-electron chi connectivity index (χ4n) is 2.34. The fraction of sp³-hybridized carbons (Fsp3) is 0.500. The van der Waals surface area contributed by atoms with Crippen LogP contribution in [0.4, 0.5) is 4.39 Å². The van der Waals surface area contributed by atoms with E-state index in [1.165, 1.54) is 18.2 Å². The Morgan fingerprint density at radius 3 is 2.65 bits per heavy atom. The molecule has 1 fully saturated rings. The van der Waals surface area contributed by atoms with Crippen LogP contribution in [-0.4, -0.2) is 59.6 Å². The van der Waals surface area contributed by atoms with Crippen LogP contribution in [0.2, 0.25) is 5.02 Å². The van der Waals surface area contributed by atoms with Gasteiger partial charge in [-0.15, -0.1) is 0 Å². The first-order chi connectivity index (χ1) is 9.47. The first-order valence-corrected chi connectivity index (χ1v) is 7.00. The Labute approximate surface area is 122 Å². The van der Waals surface area contributed by atoms with Crippen molar-refractivity contribution in [2.75, 3.05) is 32.7 Å². The third-order valence-corrected chi connectivity index (χ3v) is 3.58. The third-order valence-electron chi connectivity index (χ3n) is 3.34. The zero-order valence-electron chi connectivity index (χ0n) is 11.4. The van der Waals surface area contributed by atoms with E-state index in [0.29, 0.717) is 37.7 Å². The van der Waals surface area contributed by atoms with Crippen molar-refractivity contribution in [1.29, 1.82) is 0 Å². The van der Waals surface area contributed by atoms with E-state index in [1.54, 1.807) is 11.8 Å². The molecule has 1 heterocycles. The second kappa shape index (κ2) is 6.52. The van der Waals surface area contributed by atoms with Gasteiger partial charge in [0.2, 0.25) is 0 Å². The SMILES string of the molecule is CC(O)CN1CCN(C(=O)c2cc(Cl)ccc2F)CC1. The van der Waals surface area contributed by atoms with Crippen LogP contribution in [-0.2, 0) is 0 Å². The number of piperazine rings is 1. The molecule has 1 aliphatic heterocycles. The van der Waals surface area contributed by atoms with Crippen molar-refractivity contribution in [2.45, 2.75) is 13.0 Å². The first kappa shape index (κ1) is 15.2. The summed E-state index contributed by atoms with van der Waals surface area (Å²) in [5.41, 5.74) is 0.0153. The lowest BCUT2D eigenvalue weighted by molar-refractivity contribution is 0.0550. The summed E-state index contributed by atoms with van der Waals surface area (Å²) in [5.74, 6) is -0.882. The van der Waals surface area contributed by atoms with Crippen molar-refractivity contribution in [1.82, 2.24) is 9.80 Å². The molecule has 0 spiro atoms. The van der Waals surface area contributed by atoms with Gasteiger partial charge in [0, 0.05) is 37.7 Å². The summed E-state index contributed by atoms with van der Waals surface area (Å²) in [4.78, 5) is 16.0. The Kier molecular flexibility index (Phi) is 4.96. The summed E-state index contributed by atoms with van der Waals surface area (Å²) >= 11 is 5.81. The number of rotatable bonds is 3. The van der Waals surface area contributed by atoms with Crippen molar-refractivity contribution in [3.05, 3.63) is 34.6 Å². The molecule has 1 atom stereocenters. The van der Waals surface area contributed by atoms with Gasteiger partial charge in [0.25, 0.3) is 5.91 Å². The summed E-state index contributed by atoms with van der Waals surface area (Å²) in [6.07, 6.45) is -0.386. The van der Waals surface area contributed by atoms with Crippen LogP contribution in [0.25, 0.3) is 0 Å². The third kappa shape index (κ3) is 3.69. The van der Waals surface area contributed by atoms with Gasteiger partial charge >= 0.3 is 0 Å². The fourth-order valence-corrected chi connectivity index (χ4v) is 2.51. The maximum atomic E-state index is 13.7. The average Bonchev–Trinajstić information content (AvgIpc) is 2.41. The molecule has 2 rings (SSSR count). The summed E-state index contributed by atoms with van der Waals surface area (Å²) in [7, 11) is 0. The zero-order valence-corrected chi connectivity index (χ0v) is 12.1. The van der Waals surface area contributed by atoms with Gasteiger partial charge in [-0.1, -0.05) is 11.6 Å². The van der Waals surface area contributed by atoms with E-state index in [0.717, 1.165) is 0 Å². The van der Waals surface area contributed by atoms with Crippen molar-refractivity contribution in [2.24, 2.45) is 0 Å². The van der Waals surface area contributed by atoms with Crippen molar-refractivity contribution in [3.63, 3.8) is 0 Å². The van der Waals surface area contributed by atoms with E-state index in [4.69, 9.17) is 11.6 Å². The summed E-state index contributed by atoms with van der Waals surface area (Å²) < 4.78 is 13.7. The Balaban J connectivity index is 2.00. The Hall–Kier alpha value is -1.17. The summed E-state index contributed by atoms with van der Waals surface area (Å²) in [6.45, 7) is 4.74. The lowest BCUT2D eigenvalue weighted by Crippen LogP contribution is -2.50. The molecule has 20 heavy (non-hydrogen) atoms. The van der Waals surface area contributed by atoms with E-state index < -0.39 is 5.82 Å². The quantitative estimate of drug-likeness (QED) is 0.922. The number of aliphatic hydroxyl groups is 1. The number of hydrogen-bond acceptors (Lipinski definition) is 3. The topological polar surface area (TPSA) is 43.8 Å². The molecule has 0 radical (unpaired) electrons. The van der Waals surface area contributed by atoms with Crippen LogP contribution >= 0.6 is 11.6 Å². The maximum Gasteiger partial charge on any atom is 0.256 e. The van der Waals surface area contributed by atoms with E-state index in [1.807, 2.05) is 0 Å². The molecule has 0 aromatic heterocycles. The Morgan fingerprint density at radius 1 is 1.40 bits per heavy atom. The molecular formula is C14H18ClFN2O2. The zero-order chi connectivity index (χ0) is 14.7. The predicted molar refractivity (Wildman–Crippen MR) is 75.4 cm³/mol. The van der Waals surface area contributed by atoms with Crippen molar-refractivity contribution < 1.29 is 14.3 Å². The number of β-amino-alcohol motifs (C(OH)–C–C–N with tert-alkyl or cyclic N) is 1. The van der Waals surface area contributed by atoms with Gasteiger partial charge in [-0.2, -0.15) is 0 Å². The molecule has 1 unspecified atom stereocenters. The second-order valence-electron chi connectivity index (χ2n) is 5.07. The number of halogens is 2. The number of hydrogen-bond donors (Lipinski definition) is 1. The van der Waals surface area contributed by atoms with Crippen LogP contribution in [0.1, 0.15) is 17.3 Å². The number of aliphatic hydroxyl groups excluding tert-OH is 1. The van der Waals surface area contributed by atoms with Crippen LogP contribution in [0.15, 0.2) is 18.2 Å². The van der Waals surface area contributed by atoms with Gasteiger partial charge in [0.1, 0.15) is 5.82 Å². The van der Waals surface area contributed by atoms with E-state index in [-0.39, 0.29) is 17.6 Å². The number of nitrogens with zero attached hydrogens (tertiary/aromatic N) is 2. The van der Waals surface area contributed by atoms with Crippen LogP contribution in [0.5, 0.6) is 0 Å². The summed E-state index contributed by atoms with van der Waals surface area (Å²) in [5, 5.41) is 9.69. The molecule has 0 saturated carbocycles. The first-order valence-electron chi connectivity index (χ1n) is 6.62. The van der Waals surface area contributed by atoms with Gasteiger partial charge in [-0.3, -0.25) is 9.69 Å². The minimum atomic E-state index is -0.550. The highest BCUT2D eigenvalue weighted by molar-refractivity contribution is 6.31. The maximum absolute atomic E-state index is 13.7. The van der Waals surface area contributed by atoms with Crippen molar-refractivity contribution >= 4 is 17.5 Å². The highest BCUT2D eigenvalue weighted by Gasteiger charge is 2.24. The van der Waals surface area contributed by atoms with Gasteiger partial charge in [-0.05, 0) is 25.1 Å². The number of amides is 1. The molecule has 1 aliphatic rings. The predicted octanol–water partition coefficient (Wildman–Crippen LogP) is 1.62. The molecule has 0 bridgehead atoms. The molecule has 6 heteroatoms. The lowest BCUT2D eigenvalue weighted by atomic mass is 10.1. The van der Waals surface area contributed by atoms with Crippen LogP contribution < -0.4 is 0 Å². The lowest BCUT2D eigenvalue weighted by Gasteiger charge is -2.35. The van der Waals surface area contributed by atoms with Gasteiger partial charge < -0.3 is 10.0 Å². The second-order valence-corrected chi connectivity index (χ2v) is 5.50. The average molecular weight is 301 g/mol. The number of carbonyl (C=O) groups excluding carboxylic acids is 1. The van der Waals surface area contributed by atoms with E-state index in [9.17, 15) is 14.3 Å². The number of carbonyl (C=O) groups is 1. The number of benzene rings is 1. The van der Waals surface area contributed by atoms with E-state index in [2.05, 4.69) is 4.90 Å². The largest absolute Gasteiger partial charge is 0.392 e. The van der Waals surface area contributed by atoms with Crippen molar-refractivity contribution in [3.8, 4) is 0 Å². The molecule has 1 N–H and O–H groups in total.